The first-order valence-electron chi connectivity index (χ1n) is 39.8. The highest BCUT2D eigenvalue weighted by Gasteiger charge is 2.10. The number of carbonyl (C=O) groups is 1. The highest BCUT2D eigenvalue weighted by Crippen LogP contribution is 2.25. The van der Waals surface area contributed by atoms with Gasteiger partial charge in [-0.2, -0.15) is 0 Å². The van der Waals surface area contributed by atoms with E-state index in [9.17, 15) is 4.79 Å². The van der Waals surface area contributed by atoms with Crippen LogP contribution in [0.1, 0.15) is 369 Å². The summed E-state index contributed by atoms with van der Waals surface area (Å²) < 4.78 is 0. The van der Waals surface area contributed by atoms with Gasteiger partial charge in [0.05, 0.1) is 0 Å². The Labute approximate surface area is 604 Å². The molecule has 0 saturated heterocycles. The van der Waals surface area contributed by atoms with Crippen molar-refractivity contribution in [2.45, 2.75) is 322 Å². The SMILES string of the molecule is CCCCCCCCCCCCc1cc(C#Cc2ccc(C#Cc3ccc(C#Cc4ccc(C#Cc5ccc(SC(C)=O)cc5)cc4CCCCCCCCCCCC)cc3CCCCCCCCCCCC)cc2CCCCCCCCCCCC)ccc1C#Cc1ccccc1. The lowest BCUT2D eigenvalue weighted by Crippen LogP contribution is -1.95. The molecule has 98 heavy (non-hydrogen) atoms. The molecule has 0 bridgehead atoms. The van der Waals surface area contributed by atoms with E-state index in [4.69, 9.17) is 0 Å². The highest BCUT2D eigenvalue weighted by atomic mass is 32.2. The highest BCUT2D eigenvalue weighted by molar-refractivity contribution is 8.13. The molecular formula is C96H124OS. The molecular weight excluding hydrogens is 1200 g/mol. The van der Waals surface area contributed by atoms with Gasteiger partial charge in [0.25, 0.3) is 0 Å². The average molecular weight is 1330 g/mol. The number of carbonyl (C=O) groups excluding carboxylic acids is 1. The summed E-state index contributed by atoms with van der Waals surface area (Å²) in [5.74, 6) is 36.0. The molecule has 0 aliphatic heterocycles. The molecule has 0 N–H and O–H groups in total. The Morgan fingerprint density at radius 2 is 0.459 bits per heavy atom. The summed E-state index contributed by atoms with van der Waals surface area (Å²) in [7, 11) is 0. The normalized spacial score (nSPS) is 10.7. The van der Waals surface area contributed by atoms with E-state index < -0.39 is 0 Å². The zero-order valence-corrected chi connectivity index (χ0v) is 62.9. The minimum absolute atomic E-state index is 0.0874. The Bertz CT molecular complexity index is 3520. The number of thioether (sulfide) groups is 1. The predicted molar refractivity (Wildman–Crippen MR) is 427 cm³/mol. The topological polar surface area (TPSA) is 17.1 Å². The molecule has 0 spiro atoms. The molecule has 0 fully saturated rings. The maximum atomic E-state index is 11.7. The first-order chi connectivity index (χ1) is 48.3. The Hall–Kier alpha value is -6.86. The molecule has 0 saturated carbocycles. The molecule has 0 aliphatic rings. The van der Waals surface area contributed by atoms with Gasteiger partial charge in [-0.25, -0.2) is 0 Å². The van der Waals surface area contributed by atoms with E-state index in [1.807, 2.05) is 24.3 Å². The number of aryl methyl sites for hydroxylation is 4. The average Bonchev–Trinajstić information content (AvgIpc) is 0.889. The summed E-state index contributed by atoms with van der Waals surface area (Å²) in [6.07, 6.45) is 56.7. The second-order valence-corrected chi connectivity index (χ2v) is 29.2. The van der Waals surface area contributed by atoms with E-state index in [1.165, 1.54) is 272 Å². The summed E-state index contributed by atoms with van der Waals surface area (Å²) in [5, 5.41) is 0.0874. The lowest BCUT2D eigenvalue weighted by Gasteiger charge is -2.08. The lowest BCUT2D eigenvalue weighted by molar-refractivity contribution is -0.109. The third kappa shape index (κ3) is 35.3. The van der Waals surface area contributed by atoms with Gasteiger partial charge in [0.2, 0.25) is 0 Å². The van der Waals surface area contributed by atoms with Crippen LogP contribution in [-0.4, -0.2) is 5.12 Å². The van der Waals surface area contributed by atoms with Crippen LogP contribution in [0.3, 0.4) is 0 Å². The van der Waals surface area contributed by atoms with Crippen LogP contribution in [0.15, 0.2) is 132 Å². The number of hydrogen-bond acceptors (Lipinski definition) is 2. The number of unbranched alkanes of at least 4 members (excludes halogenated alkanes) is 36. The van der Waals surface area contributed by atoms with Crippen LogP contribution in [0.2, 0.25) is 0 Å². The zero-order valence-electron chi connectivity index (χ0n) is 62.1. The Kier molecular flexibility index (Phi) is 42.7. The first-order valence-corrected chi connectivity index (χ1v) is 40.6. The van der Waals surface area contributed by atoms with Crippen LogP contribution < -0.4 is 0 Å². The van der Waals surface area contributed by atoms with Crippen molar-refractivity contribution in [3.63, 3.8) is 0 Å². The van der Waals surface area contributed by atoms with Crippen molar-refractivity contribution < 1.29 is 4.79 Å². The van der Waals surface area contributed by atoms with Gasteiger partial charge in [-0.05, 0) is 183 Å². The molecule has 1 nitrogen and oxygen atoms in total. The molecule has 0 amide bonds. The molecule has 0 heterocycles. The van der Waals surface area contributed by atoms with E-state index >= 15 is 0 Å². The van der Waals surface area contributed by atoms with Crippen molar-refractivity contribution in [3.05, 3.63) is 205 Å². The van der Waals surface area contributed by atoms with E-state index in [2.05, 4.69) is 190 Å². The molecule has 0 atom stereocenters. The van der Waals surface area contributed by atoms with Crippen molar-refractivity contribution in [2.75, 3.05) is 0 Å². The van der Waals surface area contributed by atoms with E-state index in [0.29, 0.717) is 0 Å². The molecule has 0 aliphatic carbocycles. The van der Waals surface area contributed by atoms with Gasteiger partial charge in [-0.15, -0.1) is 0 Å². The molecule has 6 aromatic carbocycles. The third-order valence-electron chi connectivity index (χ3n) is 19.2. The third-order valence-corrected chi connectivity index (χ3v) is 20.0. The van der Waals surface area contributed by atoms with Crippen molar-refractivity contribution >= 4 is 16.9 Å². The monoisotopic (exact) mass is 1320 g/mol. The maximum Gasteiger partial charge on any atom is 0.190 e. The summed E-state index contributed by atoms with van der Waals surface area (Å²) in [6.45, 7) is 10.8. The fraction of sp³-hybridized carbons (Fsp3) is 0.510. The van der Waals surface area contributed by atoms with E-state index in [1.54, 1.807) is 6.92 Å². The Morgan fingerprint density at radius 1 is 0.245 bits per heavy atom. The molecule has 6 rings (SSSR count). The minimum atomic E-state index is 0.0874. The Morgan fingerprint density at radius 3 is 0.724 bits per heavy atom. The van der Waals surface area contributed by atoms with Gasteiger partial charge in [-0.3, -0.25) is 4.79 Å². The van der Waals surface area contributed by atoms with Crippen LogP contribution in [-0.2, 0) is 30.5 Å². The van der Waals surface area contributed by atoms with Crippen LogP contribution in [0.25, 0.3) is 0 Å². The number of rotatable bonds is 45. The van der Waals surface area contributed by atoms with E-state index in [-0.39, 0.29) is 5.12 Å². The number of hydrogen-bond donors (Lipinski definition) is 0. The quantitative estimate of drug-likeness (QED) is 0.0215. The maximum absolute atomic E-state index is 11.7. The van der Waals surface area contributed by atoms with Gasteiger partial charge < -0.3 is 0 Å². The standard InChI is InChI=1S/C96H124OS/c1-6-10-14-18-22-26-30-34-38-45-51-92-77-84(56-55-83-65-75-96(76-66-83)98-81(5)97)58-68-89(92)70-60-86-62-72-91(94(79-86)53-47-40-36-32-28-24-20-16-12-8-3)74-64-87-63-73-90(95(80-87)54-48-41-37-33-29-25-21-17-13-9-4)71-61-85-59-69-88(67-57-82-49-43-42-44-50-82)93(78-85)52-46-39-35-31-27-23-19-15-11-7-2/h42-44,49-50,58-59,62-63,65-66,68-69,72-73,75-80H,6-41,45-48,51-54H2,1-5H3. The predicted octanol–water partition coefficient (Wildman–Crippen LogP) is 27.2. The molecule has 0 aromatic heterocycles. The minimum Gasteiger partial charge on any atom is -0.287 e. The van der Waals surface area contributed by atoms with Gasteiger partial charge >= 0.3 is 0 Å². The fourth-order valence-electron chi connectivity index (χ4n) is 13.2. The van der Waals surface area contributed by atoms with Gasteiger partial charge in [0, 0.05) is 67.5 Å². The summed E-state index contributed by atoms with van der Waals surface area (Å²) in [5.41, 5.74) is 15.8. The largest absolute Gasteiger partial charge is 0.287 e. The van der Waals surface area contributed by atoms with Crippen molar-refractivity contribution in [3.8, 4) is 59.2 Å². The molecule has 6 aromatic rings. The molecule has 0 radical (unpaired) electrons. The zero-order chi connectivity index (χ0) is 69.0. The van der Waals surface area contributed by atoms with Crippen molar-refractivity contribution in [1.82, 2.24) is 0 Å². The Balaban J connectivity index is 1.26. The summed E-state index contributed by atoms with van der Waals surface area (Å²) >= 11 is 1.26. The fourth-order valence-corrected chi connectivity index (χ4v) is 13.8. The van der Waals surface area contributed by atoms with Crippen LogP contribution in [0.4, 0.5) is 0 Å². The van der Waals surface area contributed by atoms with Gasteiger partial charge in [-0.1, -0.05) is 348 Å². The van der Waals surface area contributed by atoms with Crippen molar-refractivity contribution in [1.29, 1.82) is 0 Å². The van der Waals surface area contributed by atoms with Crippen LogP contribution in [0, 0.1) is 59.2 Å². The van der Waals surface area contributed by atoms with Crippen LogP contribution >= 0.6 is 11.8 Å². The summed E-state index contributed by atoms with van der Waals surface area (Å²) in [6, 6.07) is 45.3. The lowest BCUT2D eigenvalue weighted by atomic mass is 9.95. The second kappa shape index (κ2) is 52.2. The second-order valence-electron chi connectivity index (χ2n) is 27.9. The molecule has 0 unspecified atom stereocenters. The van der Waals surface area contributed by atoms with Crippen molar-refractivity contribution in [2.24, 2.45) is 0 Å². The first kappa shape index (κ1) is 80.1. The summed E-state index contributed by atoms with van der Waals surface area (Å²) in [4.78, 5) is 12.6. The van der Waals surface area contributed by atoms with Crippen LogP contribution in [0.5, 0.6) is 0 Å². The molecule has 520 valence electrons. The number of benzene rings is 6. The molecule has 2 heteroatoms. The van der Waals surface area contributed by atoms with E-state index in [0.717, 1.165) is 105 Å². The van der Waals surface area contributed by atoms with Gasteiger partial charge in [0.15, 0.2) is 5.12 Å². The van der Waals surface area contributed by atoms with Gasteiger partial charge in [0.1, 0.15) is 0 Å². The smallest absolute Gasteiger partial charge is 0.190 e.